The van der Waals surface area contributed by atoms with E-state index >= 15 is 0 Å². The van der Waals surface area contributed by atoms with Gasteiger partial charge in [0.25, 0.3) is 5.91 Å². The van der Waals surface area contributed by atoms with Crippen molar-refractivity contribution < 1.29 is 24.2 Å². The van der Waals surface area contributed by atoms with Crippen LogP contribution >= 0.6 is 0 Å². The van der Waals surface area contributed by atoms with E-state index in [4.69, 9.17) is 15.6 Å². The highest BCUT2D eigenvalue weighted by molar-refractivity contribution is 5.95. The Labute approximate surface area is 162 Å². The molecule has 28 heavy (non-hydrogen) atoms. The molecular formula is C20H23N3O5. The largest absolute Gasteiger partial charge is 0.481 e. The Morgan fingerprint density at radius 3 is 2.32 bits per heavy atom. The van der Waals surface area contributed by atoms with Crippen LogP contribution in [-0.4, -0.2) is 28.6 Å². The number of carbonyl (C=O) groups excluding carboxylic acids is 2. The van der Waals surface area contributed by atoms with Crippen LogP contribution in [0.4, 0.5) is 10.5 Å². The molecule has 0 heterocycles. The topological polar surface area (TPSA) is 131 Å². The number of ether oxygens (including phenoxy) is 1. The molecule has 0 saturated heterocycles. The second kappa shape index (κ2) is 8.90. The van der Waals surface area contributed by atoms with E-state index in [2.05, 4.69) is 10.6 Å². The van der Waals surface area contributed by atoms with Gasteiger partial charge in [-0.25, -0.2) is 4.79 Å². The summed E-state index contributed by atoms with van der Waals surface area (Å²) in [5, 5.41) is 14.2. The molecule has 0 aliphatic heterocycles. The molecule has 0 fully saturated rings. The molecule has 2 aromatic carbocycles. The number of benzene rings is 2. The molecule has 0 saturated carbocycles. The number of aliphatic carboxylic acids is 1. The number of carboxylic acids is 1. The lowest BCUT2D eigenvalue weighted by Gasteiger charge is -2.25. The van der Waals surface area contributed by atoms with Gasteiger partial charge in [-0.15, -0.1) is 0 Å². The first-order valence-corrected chi connectivity index (χ1v) is 8.64. The third-order valence-electron chi connectivity index (χ3n) is 3.91. The van der Waals surface area contributed by atoms with Crippen LogP contribution in [-0.2, 0) is 4.79 Å². The summed E-state index contributed by atoms with van der Waals surface area (Å²) in [6, 6.07) is 12.8. The summed E-state index contributed by atoms with van der Waals surface area (Å²) >= 11 is 0. The zero-order valence-electron chi connectivity index (χ0n) is 15.7. The number of nitrogens with one attached hydrogen (secondary N) is 2. The number of carboxylic acid groups (broad SMARTS) is 1. The lowest BCUT2D eigenvalue weighted by atomic mass is 9.99. The molecule has 0 atom stereocenters. The molecule has 8 heteroatoms. The Balaban J connectivity index is 1.97. The minimum absolute atomic E-state index is 0.0356. The highest BCUT2D eigenvalue weighted by atomic mass is 16.5. The summed E-state index contributed by atoms with van der Waals surface area (Å²) in [5.41, 5.74) is 5.47. The predicted molar refractivity (Wildman–Crippen MR) is 105 cm³/mol. The summed E-state index contributed by atoms with van der Waals surface area (Å²) in [6.45, 7) is 3.51. The number of nitrogens with two attached hydrogens (primary N) is 1. The zero-order chi connectivity index (χ0) is 20.7. The zero-order valence-corrected chi connectivity index (χ0v) is 15.7. The number of carbonyl (C=O) groups is 3. The van der Waals surface area contributed by atoms with Crippen LogP contribution in [0, 0.1) is 0 Å². The summed E-state index contributed by atoms with van der Waals surface area (Å²) in [5.74, 6) is -0.685. The number of hydrogen-bond donors (Lipinski definition) is 4. The van der Waals surface area contributed by atoms with Crippen LogP contribution in [0.2, 0.25) is 0 Å². The molecule has 2 aromatic rings. The monoisotopic (exact) mass is 385 g/mol. The van der Waals surface area contributed by atoms with Crippen LogP contribution in [0.3, 0.4) is 0 Å². The van der Waals surface area contributed by atoms with Gasteiger partial charge in [0.2, 0.25) is 0 Å². The average Bonchev–Trinajstić information content (AvgIpc) is 2.61. The summed E-state index contributed by atoms with van der Waals surface area (Å²) in [4.78, 5) is 34.2. The van der Waals surface area contributed by atoms with Crippen LogP contribution in [0.5, 0.6) is 11.5 Å². The van der Waals surface area contributed by atoms with Crippen molar-refractivity contribution >= 4 is 23.6 Å². The normalized spacial score (nSPS) is 10.8. The summed E-state index contributed by atoms with van der Waals surface area (Å²) in [6.07, 6.45) is 0.272. The van der Waals surface area contributed by atoms with Gasteiger partial charge in [-0.1, -0.05) is 12.1 Å². The highest BCUT2D eigenvalue weighted by Gasteiger charge is 2.21. The molecule has 0 aliphatic rings. The molecule has 0 spiro atoms. The first kappa shape index (κ1) is 20.8. The van der Waals surface area contributed by atoms with Gasteiger partial charge in [0, 0.05) is 17.6 Å². The second-order valence-electron chi connectivity index (χ2n) is 6.84. The first-order valence-electron chi connectivity index (χ1n) is 8.64. The number of hydrogen-bond acceptors (Lipinski definition) is 4. The third-order valence-corrected chi connectivity index (χ3v) is 3.91. The summed E-state index contributed by atoms with van der Waals surface area (Å²) < 4.78 is 5.68. The molecule has 0 aliphatic carbocycles. The standard InChI is InChI=1S/C20H23N3O5/c1-20(2,12-11-17(24)25)23-19(27)22-13-7-9-14(10-8-13)28-16-6-4-3-5-15(16)18(21)26/h3-10H,11-12H2,1-2H3,(H2,21,26)(H,24,25)(H2,22,23,27). The molecule has 0 bridgehead atoms. The average molecular weight is 385 g/mol. The van der Waals surface area contributed by atoms with Crippen molar-refractivity contribution in [1.29, 1.82) is 0 Å². The minimum atomic E-state index is -0.913. The Hall–Kier alpha value is -3.55. The van der Waals surface area contributed by atoms with Gasteiger partial charge < -0.3 is 26.2 Å². The van der Waals surface area contributed by atoms with Crippen LogP contribution < -0.4 is 21.1 Å². The van der Waals surface area contributed by atoms with Gasteiger partial charge in [0.15, 0.2) is 0 Å². The SMILES string of the molecule is CC(C)(CCC(=O)O)NC(=O)Nc1ccc(Oc2ccccc2C(N)=O)cc1. The van der Waals surface area contributed by atoms with Crippen molar-refractivity contribution in [2.45, 2.75) is 32.2 Å². The van der Waals surface area contributed by atoms with Crippen LogP contribution in [0.25, 0.3) is 0 Å². The predicted octanol–water partition coefficient (Wildman–Crippen LogP) is 3.34. The number of amides is 3. The number of urea groups is 1. The van der Waals surface area contributed by atoms with Crippen LogP contribution in [0.15, 0.2) is 48.5 Å². The second-order valence-corrected chi connectivity index (χ2v) is 6.84. The van der Waals surface area contributed by atoms with E-state index in [9.17, 15) is 14.4 Å². The van der Waals surface area contributed by atoms with Crippen molar-refractivity contribution in [2.24, 2.45) is 5.73 Å². The van der Waals surface area contributed by atoms with E-state index in [1.54, 1.807) is 62.4 Å². The molecule has 148 valence electrons. The molecule has 8 nitrogen and oxygen atoms in total. The molecule has 2 rings (SSSR count). The number of anilines is 1. The fourth-order valence-electron chi connectivity index (χ4n) is 2.44. The quantitative estimate of drug-likeness (QED) is 0.553. The van der Waals surface area contributed by atoms with Crippen molar-refractivity contribution in [3.63, 3.8) is 0 Å². The maximum absolute atomic E-state index is 12.1. The smallest absolute Gasteiger partial charge is 0.319 e. The van der Waals surface area contributed by atoms with Crippen molar-refractivity contribution in [3.8, 4) is 11.5 Å². The Morgan fingerprint density at radius 1 is 1.07 bits per heavy atom. The van der Waals surface area contributed by atoms with Gasteiger partial charge >= 0.3 is 12.0 Å². The summed E-state index contributed by atoms with van der Waals surface area (Å²) in [7, 11) is 0. The van der Waals surface area contributed by atoms with E-state index < -0.39 is 23.4 Å². The number of rotatable bonds is 8. The Kier molecular flexibility index (Phi) is 6.59. The van der Waals surface area contributed by atoms with E-state index in [-0.39, 0.29) is 12.0 Å². The molecule has 3 amide bonds. The molecule has 0 radical (unpaired) electrons. The van der Waals surface area contributed by atoms with E-state index in [1.165, 1.54) is 0 Å². The van der Waals surface area contributed by atoms with Crippen molar-refractivity contribution in [1.82, 2.24) is 5.32 Å². The lowest BCUT2D eigenvalue weighted by Crippen LogP contribution is -2.45. The number of para-hydroxylation sites is 1. The molecule has 0 unspecified atom stereocenters. The van der Waals surface area contributed by atoms with Gasteiger partial charge in [-0.05, 0) is 56.7 Å². The molecular weight excluding hydrogens is 362 g/mol. The van der Waals surface area contributed by atoms with Gasteiger partial charge in [0.1, 0.15) is 11.5 Å². The maximum Gasteiger partial charge on any atom is 0.319 e. The van der Waals surface area contributed by atoms with Gasteiger partial charge in [-0.2, -0.15) is 0 Å². The van der Waals surface area contributed by atoms with Crippen LogP contribution in [0.1, 0.15) is 37.0 Å². The van der Waals surface area contributed by atoms with Crippen molar-refractivity contribution in [2.75, 3.05) is 5.32 Å². The number of primary amides is 1. The van der Waals surface area contributed by atoms with E-state index in [1.807, 2.05) is 0 Å². The Morgan fingerprint density at radius 2 is 1.71 bits per heavy atom. The van der Waals surface area contributed by atoms with E-state index in [0.717, 1.165) is 0 Å². The van der Waals surface area contributed by atoms with Crippen molar-refractivity contribution in [3.05, 3.63) is 54.1 Å². The molecule has 0 aromatic heterocycles. The fourth-order valence-corrected chi connectivity index (χ4v) is 2.44. The van der Waals surface area contributed by atoms with Gasteiger partial charge in [0.05, 0.1) is 5.56 Å². The third kappa shape index (κ3) is 6.31. The minimum Gasteiger partial charge on any atom is -0.481 e. The first-order chi connectivity index (χ1) is 13.2. The fraction of sp³-hybridized carbons (Fsp3) is 0.250. The Bertz CT molecular complexity index is 862. The van der Waals surface area contributed by atoms with Gasteiger partial charge in [-0.3, -0.25) is 9.59 Å². The molecule has 5 N–H and O–H groups in total. The lowest BCUT2D eigenvalue weighted by molar-refractivity contribution is -0.137. The maximum atomic E-state index is 12.1. The highest BCUT2D eigenvalue weighted by Crippen LogP contribution is 2.26. The van der Waals surface area contributed by atoms with E-state index in [0.29, 0.717) is 23.6 Å².